The summed E-state index contributed by atoms with van der Waals surface area (Å²) in [5.41, 5.74) is 0.879. The van der Waals surface area contributed by atoms with Crippen LogP contribution in [0.3, 0.4) is 0 Å². The zero-order valence-corrected chi connectivity index (χ0v) is 10.3. The van der Waals surface area contributed by atoms with Crippen LogP contribution in [0.15, 0.2) is 24.3 Å². The Kier molecular flexibility index (Phi) is 3.94. The molecule has 82 valence electrons. The van der Waals surface area contributed by atoms with Crippen LogP contribution in [0.2, 0.25) is 5.02 Å². The van der Waals surface area contributed by atoms with Crippen molar-refractivity contribution in [1.82, 2.24) is 0 Å². The van der Waals surface area contributed by atoms with Gasteiger partial charge in [0.15, 0.2) is 5.78 Å². The van der Waals surface area contributed by atoms with Gasteiger partial charge in [-0.05, 0) is 27.2 Å². The van der Waals surface area contributed by atoms with Gasteiger partial charge in [0, 0.05) is 29.3 Å². The molecule has 0 N–H and O–H groups in total. The van der Waals surface area contributed by atoms with Crippen molar-refractivity contribution < 1.29 is 9.00 Å². The van der Waals surface area contributed by atoms with Gasteiger partial charge in [-0.25, -0.2) is 0 Å². The molecular weight excluding hydrogens is 232 g/mol. The van der Waals surface area contributed by atoms with Crippen LogP contribution in [-0.4, -0.2) is 27.9 Å². The Morgan fingerprint density at radius 2 is 1.87 bits per heavy atom. The molecule has 0 unspecified atom stereocenters. The SMILES string of the molecule is CS(C)(=O)=CC(=O)Cc1ccc(Cl)cc1. The molecule has 0 aliphatic rings. The molecule has 0 bridgehead atoms. The number of carbonyl (C=O) groups is 1. The quantitative estimate of drug-likeness (QED) is 0.760. The van der Waals surface area contributed by atoms with E-state index in [-0.39, 0.29) is 12.2 Å². The molecule has 0 amide bonds. The first-order valence-corrected chi connectivity index (χ1v) is 7.24. The minimum Gasteiger partial charge on any atom is -0.294 e. The second-order valence-electron chi connectivity index (χ2n) is 3.70. The van der Waals surface area contributed by atoms with Crippen molar-refractivity contribution in [2.75, 3.05) is 12.5 Å². The van der Waals surface area contributed by atoms with Crippen molar-refractivity contribution in [3.63, 3.8) is 0 Å². The first kappa shape index (κ1) is 12.3. The van der Waals surface area contributed by atoms with Crippen molar-refractivity contribution in [3.8, 4) is 0 Å². The Morgan fingerprint density at radius 1 is 1.33 bits per heavy atom. The van der Waals surface area contributed by atoms with Gasteiger partial charge < -0.3 is 0 Å². The monoisotopic (exact) mass is 244 g/mol. The summed E-state index contributed by atoms with van der Waals surface area (Å²) in [6, 6.07) is 7.06. The lowest BCUT2D eigenvalue weighted by atomic mass is 10.1. The third-order valence-corrected chi connectivity index (χ3v) is 2.79. The van der Waals surface area contributed by atoms with E-state index in [2.05, 4.69) is 0 Å². The van der Waals surface area contributed by atoms with E-state index in [1.165, 1.54) is 5.37 Å². The molecule has 0 aliphatic heterocycles. The molecule has 0 saturated carbocycles. The van der Waals surface area contributed by atoms with E-state index in [1.54, 1.807) is 36.8 Å². The lowest BCUT2D eigenvalue weighted by molar-refractivity contribution is -0.111. The molecule has 0 heterocycles. The van der Waals surface area contributed by atoms with Crippen LogP contribution in [0.5, 0.6) is 0 Å². The van der Waals surface area contributed by atoms with Crippen molar-refractivity contribution in [1.29, 1.82) is 0 Å². The standard InChI is InChI=1S/C11H13ClO2S/c1-15(2,14)8-11(13)7-9-3-5-10(12)6-4-9/h3-6,8H,7H2,1-2H3. The van der Waals surface area contributed by atoms with Gasteiger partial charge in [-0.1, -0.05) is 23.7 Å². The zero-order valence-electron chi connectivity index (χ0n) is 8.70. The van der Waals surface area contributed by atoms with Crippen LogP contribution in [-0.2, 0) is 20.7 Å². The third-order valence-electron chi connectivity index (χ3n) is 1.71. The van der Waals surface area contributed by atoms with Crippen LogP contribution in [0.4, 0.5) is 0 Å². The molecule has 0 fully saturated rings. The van der Waals surface area contributed by atoms with E-state index in [1.807, 2.05) is 0 Å². The summed E-state index contributed by atoms with van der Waals surface area (Å²) < 4.78 is 11.3. The molecule has 0 atom stereocenters. The molecule has 0 aromatic heterocycles. The summed E-state index contributed by atoms with van der Waals surface area (Å²) in [6.45, 7) is 0. The van der Waals surface area contributed by atoms with Crippen LogP contribution >= 0.6 is 11.6 Å². The number of hydrogen-bond acceptors (Lipinski definition) is 2. The van der Waals surface area contributed by atoms with Crippen LogP contribution in [0.1, 0.15) is 5.56 Å². The second kappa shape index (κ2) is 4.81. The average Bonchev–Trinajstić information content (AvgIpc) is 2.05. The smallest absolute Gasteiger partial charge is 0.167 e. The van der Waals surface area contributed by atoms with Gasteiger partial charge in [0.2, 0.25) is 0 Å². The average molecular weight is 245 g/mol. The number of hydrogen-bond donors (Lipinski definition) is 0. The normalized spacial score (nSPS) is 11.1. The first-order valence-electron chi connectivity index (χ1n) is 4.43. The van der Waals surface area contributed by atoms with E-state index in [4.69, 9.17) is 11.6 Å². The fourth-order valence-electron chi connectivity index (χ4n) is 1.16. The fraction of sp³-hybridized carbons (Fsp3) is 0.273. The van der Waals surface area contributed by atoms with Crippen LogP contribution in [0.25, 0.3) is 0 Å². The second-order valence-corrected chi connectivity index (χ2v) is 6.99. The highest BCUT2D eigenvalue weighted by molar-refractivity contribution is 8.01. The number of carbonyl (C=O) groups excluding carboxylic acids is 1. The predicted molar refractivity (Wildman–Crippen MR) is 66.2 cm³/mol. The lowest BCUT2D eigenvalue weighted by Crippen LogP contribution is -2.10. The lowest BCUT2D eigenvalue weighted by Gasteiger charge is -1.99. The maximum Gasteiger partial charge on any atom is 0.167 e. The highest BCUT2D eigenvalue weighted by atomic mass is 35.5. The van der Waals surface area contributed by atoms with E-state index in [0.717, 1.165) is 5.56 Å². The largest absolute Gasteiger partial charge is 0.294 e. The molecule has 1 aromatic rings. The van der Waals surface area contributed by atoms with Crippen molar-refractivity contribution in [2.24, 2.45) is 0 Å². The Labute approximate surface area is 95.3 Å². The molecule has 2 nitrogen and oxygen atoms in total. The Morgan fingerprint density at radius 3 is 2.33 bits per heavy atom. The minimum absolute atomic E-state index is 0.118. The topological polar surface area (TPSA) is 34.1 Å². The number of benzene rings is 1. The first-order chi connectivity index (χ1) is 6.87. The van der Waals surface area contributed by atoms with E-state index in [9.17, 15) is 9.00 Å². The third kappa shape index (κ3) is 5.00. The van der Waals surface area contributed by atoms with Crippen LogP contribution < -0.4 is 0 Å². The number of halogens is 1. The summed E-state index contributed by atoms with van der Waals surface area (Å²) in [4.78, 5) is 11.4. The van der Waals surface area contributed by atoms with Crippen molar-refractivity contribution in [3.05, 3.63) is 34.9 Å². The summed E-state index contributed by atoms with van der Waals surface area (Å²) in [5.74, 6) is -0.118. The van der Waals surface area contributed by atoms with Gasteiger partial charge in [0.1, 0.15) is 0 Å². The molecular formula is C11H13ClO2S. The van der Waals surface area contributed by atoms with Gasteiger partial charge in [0.25, 0.3) is 0 Å². The molecule has 1 aromatic carbocycles. The summed E-state index contributed by atoms with van der Waals surface area (Å²) >= 11 is 5.72. The van der Waals surface area contributed by atoms with E-state index < -0.39 is 9.52 Å². The van der Waals surface area contributed by atoms with E-state index >= 15 is 0 Å². The minimum atomic E-state index is -2.10. The molecule has 0 spiro atoms. The van der Waals surface area contributed by atoms with Gasteiger partial charge in [-0.2, -0.15) is 0 Å². The fourth-order valence-corrected chi connectivity index (χ4v) is 2.00. The maximum atomic E-state index is 11.4. The molecule has 0 radical (unpaired) electrons. The van der Waals surface area contributed by atoms with Crippen molar-refractivity contribution >= 4 is 32.3 Å². The Balaban J connectivity index is 2.76. The number of rotatable bonds is 3. The Hall–Kier alpha value is -0.800. The molecule has 1 rings (SSSR count). The maximum absolute atomic E-state index is 11.4. The van der Waals surface area contributed by atoms with Gasteiger partial charge >= 0.3 is 0 Å². The van der Waals surface area contributed by atoms with Gasteiger partial charge in [-0.3, -0.25) is 9.00 Å². The molecule has 4 heteroatoms. The zero-order chi connectivity index (χ0) is 11.5. The molecule has 0 aliphatic carbocycles. The van der Waals surface area contributed by atoms with Gasteiger partial charge in [0.05, 0.1) is 0 Å². The highest BCUT2D eigenvalue weighted by Crippen LogP contribution is 2.09. The van der Waals surface area contributed by atoms with Crippen molar-refractivity contribution in [2.45, 2.75) is 6.42 Å². The van der Waals surface area contributed by atoms with Crippen LogP contribution in [0, 0.1) is 0 Å². The number of ketones is 1. The van der Waals surface area contributed by atoms with E-state index in [0.29, 0.717) is 5.02 Å². The summed E-state index contributed by atoms with van der Waals surface area (Å²) in [5, 5.41) is 1.94. The summed E-state index contributed by atoms with van der Waals surface area (Å²) in [7, 11) is -2.10. The number of Topliss-reactive ketones (excluding diaryl/α,β-unsaturated/α-hetero) is 1. The predicted octanol–water partition coefficient (Wildman–Crippen LogP) is 1.80. The molecule has 15 heavy (non-hydrogen) atoms. The highest BCUT2D eigenvalue weighted by Gasteiger charge is 2.02. The Bertz CT molecular complexity index is 460. The summed E-state index contributed by atoms with van der Waals surface area (Å²) in [6.07, 6.45) is 3.37. The van der Waals surface area contributed by atoms with Gasteiger partial charge in [-0.15, -0.1) is 0 Å². The molecule has 0 saturated heterocycles.